The van der Waals surface area contributed by atoms with E-state index in [-0.39, 0.29) is 16.7 Å². The van der Waals surface area contributed by atoms with Gasteiger partial charge >= 0.3 is 5.97 Å². The summed E-state index contributed by atoms with van der Waals surface area (Å²) in [4.78, 5) is 35.8. The summed E-state index contributed by atoms with van der Waals surface area (Å²) in [5.41, 5.74) is 2.90. The molecule has 38 heavy (non-hydrogen) atoms. The number of aromatic nitrogens is 4. The number of H-pyrrole nitrogens is 1. The van der Waals surface area contributed by atoms with Gasteiger partial charge in [0.1, 0.15) is 27.5 Å². The average Bonchev–Trinajstić information content (AvgIpc) is 3.56. The molecule has 1 aromatic carbocycles. The third kappa shape index (κ3) is 4.27. The Morgan fingerprint density at radius 2 is 2.13 bits per heavy atom. The van der Waals surface area contributed by atoms with Gasteiger partial charge in [-0.3, -0.25) is 20.0 Å². The molecule has 0 amide bonds. The van der Waals surface area contributed by atoms with Crippen molar-refractivity contribution in [1.82, 2.24) is 29.8 Å². The van der Waals surface area contributed by atoms with Gasteiger partial charge in [-0.15, -0.1) is 11.3 Å². The van der Waals surface area contributed by atoms with Crippen molar-refractivity contribution in [3.05, 3.63) is 64.2 Å². The van der Waals surface area contributed by atoms with Crippen LogP contribution < -0.4 is 10.9 Å². The highest BCUT2D eigenvalue weighted by molar-refractivity contribution is 7.21. The van der Waals surface area contributed by atoms with E-state index in [1.54, 1.807) is 35.1 Å². The molecule has 0 spiro atoms. The minimum atomic E-state index is -0.997. The number of carbonyl (C=O) groups is 1. The summed E-state index contributed by atoms with van der Waals surface area (Å²) in [5.74, 6) is -0.997. The molecule has 6 rings (SSSR count). The van der Waals surface area contributed by atoms with Gasteiger partial charge in [0.15, 0.2) is 0 Å². The topological polar surface area (TPSA) is 136 Å². The van der Waals surface area contributed by atoms with Crippen LogP contribution in [0.5, 0.6) is 0 Å². The molecule has 10 nitrogen and oxygen atoms in total. The van der Waals surface area contributed by atoms with E-state index in [1.165, 1.54) is 30.2 Å². The number of aliphatic hydroxyl groups excluding tert-OH is 1. The number of fused-ring (bicyclic) bond motifs is 5. The molecule has 1 aliphatic rings. The molecule has 11 heteroatoms. The molecule has 4 N–H and O–H groups in total. The van der Waals surface area contributed by atoms with Gasteiger partial charge in [-0.05, 0) is 57.0 Å². The van der Waals surface area contributed by atoms with Crippen LogP contribution in [-0.4, -0.2) is 65.8 Å². The van der Waals surface area contributed by atoms with E-state index in [1.807, 2.05) is 6.07 Å². The summed E-state index contributed by atoms with van der Waals surface area (Å²) in [5, 5.41) is 28.2. The molecular formula is C27H28N6O4S. The second kappa shape index (κ2) is 9.28. The lowest BCUT2D eigenvalue weighted by molar-refractivity contribution is 0.0697. The molecule has 5 aromatic rings. The van der Waals surface area contributed by atoms with Crippen molar-refractivity contribution in [3.8, 4) is 10.4 Å². The summed E-state index contributed by atoms with van der Waals surface area (Å²) in [7, 11) is 0. The minimum Gasteiger partial charge on any atom is -0.478 e. The molecule has 1 unspecified atom stereocenters. The third-order valence-electron chi connectivity index (χ3n) is 7.42. The van der Waals surface area contributed by atoms with E-state index < -0.39 is 12.2 Å². The molecule has 4 aromatic heterocycles. The normalized spacial score (nSPS) is 16.6. The molecule has 1 saturated heterocycles. The average molecular weight is 533 g/mol. The van der Waals surface area contributed by atoms with E-state index in [9.17, 15) is 19.8 Å². The quantitative estimate of drug-likeness (QED) is 0.234. The van der Waals surface area contributed by atoms with E-state index in [2.05, 4.69) is 39.1 Å². The number of carboxylic acid groups (broad SMARTS) is 1. The maximum absolute atomic E-state index is 13.1. The van der Waals surface area contributed by atoms with Gasteiger partial charge in [0.2, 0.25) is 0 Å². The molecule has 0 bridgehead atoms. The Morgan fingerprint density at radius 1 is 1.29 bits per heavy atom. The molecule has 1 aliphatic heterocycles. The summed E-state index contributed by atoms with van der Waals surface area (Å²) in [6.45, 7) is 7.04. The summed E-state index contributed by atoms with van der Waals surface area (Å²) in [6.07, 6.45) is 4.85. The number of rotatable bonds is 7. The fourth-order valence-electron chi connectivity index (χ4n) is 5.29. The van der Waals surface area contributed by atoms with Gasteiger partial charge in [-0.1, -0.05) is 12.1 Å². The van der Waals surface area contributed by atoms with E-state index in [4.69, 9.17) is 0 Å². The van der Waals surface area contributed by atoms with E-state index in [0.717, 1.165) is 23.5 Å². The van der Waals surface area contributed by atoms with Crippen molar-refractivity contribution in [1.29, 1.82) is 0 Å². The number of aromatic amines is 1. The van der Waals surface area contributed by atoms with Crippen molar-refractivity contribution in [2.45, 2.75) is 38.5 Å². The van der Waals surface area contributed by atoms with Crippen molar-refractivity contribution in [2.24, 2.45) is 0 Å². The lowest BCUT2D eigenvalue weighted by Gasteiger charge is -2.31. The lowest BCUT2D eigenvalue weighted by Crippen LogP contribution is -2.42. The fraction of sp³-hybridized carbons (Fsp3) is 0.333. The number of hydrogen-bond donors (Lipinski definition) is 4. The standard InChI is InChI=1S/C27H28N6O4S/c1-27(2)7-4-9-32(27)10-8-28-23(34)17-12-18-21(29-13-17)22-20(24(35)30-18)25-33(31-22)14-19(38-25)15-5-3-6-16(11-15)26(36)37/h3,5-6,11-14,23,28,34H,4,7-10H2,1-2H3,(H,30,35)(H,36,37). The SMILES string of the molecule is CC1(C)CCCN1CCNC(O)c1cnc2c(c1)[nH]c(=O)c1c2nn2cc(-c3cccc(C(=O)O)c3)sc12. The number of thiazole rings is 1. The van der Waals surface area contributed by atoms with Crippen LogP contribution >= 0.6 is 11.3 Å². The number of carboxylic acids is 1. The Kier molecular flexibility index (Phi) is 6.03. The predicted octanol–water partition coefficient (Wildman–Crippen LogP) is 3.61. The second-order valence-corrected chi connectivity index (χ2v) is 11.4. The van der Waals surface area contributed by atoms with Crippen LogP contribution in [0, 0.1) is 0 Å². The maximum Gasteiger partial charge on any atom is 0.335 e. The van der Waals surface area contributed by atoms with Crippen LogP contribution in [0.1, 0.15) is 48.8 Å². The maximum atomic E-state index is 13.1. The monoisotopic (exact) mass is 532 g/mol. The van der Waals surface area contributed by atoms with Crippen LogP contribution in [0.2, 0.25) is 0 Å². The van der Waals surface area contributed by atoms with Gasteiger partial charge in [0.05, 0.1) is 16.0 Å². The van der Waals surface area contributed by atoms with Gasteiger partial charge in [-0.2, -0.15) is 5.10 Å². The Labute approximate surface area is 221 Å². The van der Waals surface area contributed by atoms with E-state index >= 15 is 0 Å². The van der Waals surface area contributed by atoms with Crippen LogP contribution in [-0.2, 0) is 0 Å². The second-order valence-electron chi connectivity index (χ2n) is 10.3. The summed E-state index contributed by atoms with van der Waals surface area (Å²) < 4.78 is 1.64. The van der Waals surface area contributed by atoms with E-state index in [0.29, 0.717) is 38.9 Å². The largest absolute Gasteiger partial charge is 0.478 e. The molecule has 0 aliphatic carbocycles. The zero-order valence-corrected chi connectivity index (χ0v) is 21.9. The molecule has 196 valence electrons. The van der Waals surface area contributed by atoms with Gasteiger partial charge in [0.25, 0.3) is 5.56 Å². The highest BCUT2D eigenvalue weighted by atomic mass is 32.1. The number of aliphatic hydroxyl groups is 1. The molecule has 0 radical (unpaired) electrons. The van der Waals surface area contributed by atoms with Gasteiger partial charge < -0.3 is 15.2 Å². The first-order valence-electron chi connectivity index (χ1n) is 12.6. The minimum absolute atomic E-state index is 0.184. The zero-order valence-electron chi connectivity index (χ0n) is 21.1. The number of nitrogens with one attached hydrogen (secondary N) is 2. The first-order valence-corrected chi connectivity index (χ1v) is 13.4. The fourth-order valence-corrected chi connectivity index (χ4v) is 6.37. The zero-order chi connectivity index (χ0) is 26.6. The smallest absolute Gasteiger partial charge is 0.335 e. The first-order chi connectivity index (χ1) is 18.2. The van der Waals surface area contributed by atoms with Crippen LogP contribution in [0.3, 0.4) is 0 Å². The Bertz CT molecular complexity index is 1750. The highest BCUT2D eigenvalue weighted by Crippen LogP contribution is 2.34. The van der Waals surface area contributed by atoms with Crippen molar-refractivity contribution in [3.63, 3.8) is 0 Å². The molecule has 1 atom stereocenters. The number of likely N-dealkylation sites (tertiary alicyclic amines) is 1. The van der Waals surface area contributed by atoms with Crippen LogP contribution in [0.4, 0.5) is 0 Å². The Balaban J connectivity index is 1.28. The first kappa shape index (κ1) is 24.7. The number of pyridine rings is 2. The third-order valence-corrected chi connectivity index (χ3v) is 8.57. The number of aromatic carboxylic acids is 1. The van der Waals surface area contributed by atoms with Crippen molar-refractivity contribution in [2.75, 3.05) is 19.6 Å². The van der Waals surface area contributed by atoms with Crippen molar-refractivity contribution < 1.29 is 15.0 Å². The summed E-state index contributed by atoms with van der Waals surface area (Å²) >= 11 is 1.36. The van der Waals surface area contributed by atoms with Gasteiger partial charge in [-0.25, -0.2) is 9.31 Å². The van der Waals surface area contributed by atoms with Crippen LogP contribution in [0.15, 0.2) is 47.5 Å². The molecule has 5 heterocycles. The van der Waals surface area contributed by atoms with Crippen molar-refractivity contribution >= 4 is 44.1 Å². The molecular weight excluding hydrogens is 504 g/mol. The Morgan fingerprint density at radius 3 is 2.89 bits per heavy atom. The number of nitrogens with zero attached hydrogens (tertiary/aromatic N) is 4. The summed E-state index contributed by atoms with van der Waals surface area (Å²) in [6, 6.07) is 8.39. The van der Waals surface area contributed by atoms with Gasteiger partial charge in [0, 0.05) is 36.6 Å². The number of hydrogen-bond acceptors (Lipinski definition) is 8. The molecule has 1 fully saturated rings. The highest BCUT2D eigenvalue weighted by Gasteiger charge is 2.31. The lowest BCUT2D eigenvalue weighted by atomic mass is 10.0. The van der Waals surface area contributed by atoms with Crippen LogP contribution in [0.25, 0.3) is 37.2 Å². The predicted molar refractivity (Wildman–Crippen MR) is 147 cm³/mol. The molecule has 0 saturated carbocycles. The number of benzene rings is 1. The Hall–Kier alpha value is -3.64.